The van der Waals surface area contributed by atoms with E-state index in [0.29, 0.717) is 47.0 Å². The first-order valence-electron chi connectivity index (χ1n) is 15.3. The fourth-order valence-electron chi connectivity index (χ4n) is 9.60. The highest BCUT2D eigenvalue weighted by Gasteiger charge is 2.61. The molecule has 3 saturated carbocycles. The van der Waals surface area contributed by atoms with Gasteiger partial charge in [-0.15, -0.1) is 0 Å². The molecule has 0 aromatic heterocycles. The predicted molar refractivity (Wildman–Crippen MR) is 152 cm³/mol. The van der Waals surface area contributed by atoms with Gasteiger partial charge in [0.25, 0.3) is 0 Å². The standard InChI is InChI=1S/C34H50O4/c1-22(14-19-29(35)32(2,3)37)26-17-18-27-25-16-15-24-12-9-13-30(38-31(36)23-10-7-6-8-11-23)34(24,5)28(25)20-21-33(26,27)4/h6-8,10-11,15,22,25-30,35,37H,9,12-14,16-21H2,1-5H3/t22-,25+,26-,27+,28+,29?,30?,33-,34+/m1/s1. The second kappa shape index (κ2) is 10.4. The fraction of sp³-hybridized carbons (Fsp3) is 0.735. The molecule has 1 aromatic rings. The van der Waals surface area contributed by atoms with Crippen LogP contribution in [-0.2, 0) is 4.74 Å². The van der Waals surface area contributed by atoms with Crippen molar-refractivity contribution in [1.29, 1.82) is 0 Å². The van der Waals surface area contributed by atoms with Crippen LogP contribution >= 0.6 is 0 Å². The molecule has 3 fully saturated rings. The van der Waals surface area contributed by atoms with Crippen LogP contribution in [0, 0.1) is 40.4 Å². The summed E-state index contributed by atoms with van der Waals surface area (Å²) in [6.45, 7) is 10.8. The highest BCUT2D eigenvalue weighted by atomic mass is 16.5. The summed E-state index contributed by atoms with van der Waals surface area (Å²) < 4.78 is 6.35. The molecule has 4 nitrogen and oxygen atoms in total. The van der Waals surface area contributed by atoms with Gasteiger partial charge in [-0.05, 0) is 125 Å². The zero-order chi connectivity index (χ0) is 27.3. The average Bonchev–Trinajstić information content (AvgIpc) is 3.24. The van der Waals surface area contributed by atoms with Crippen molar-refractivity contribution in [2.45, 2.75) is 117 Å². The quantitative estimate of drug-likeness (QED) is 0.290. The lowest BCUT2D eigenvalue weighted by Gasteiger charge is -2.59. The molecular weight excluding hydrogens is 472 g/mol. The molecule has 9 atom stereocenters. The van der Waals surface area contributed by atoms with Gasteiger partial charge in [-0.25, -0.2) is 4.79 Å². The number of benzene rings is 1. The van der Waals surface area contributed by atoms with Gasteiger partial charge in [0.05, 0.1) is 17.3 Å². The third-order valence-corrected chi connectivity index (χ3v) is 11.8. The van der Waals surface area contributed by atoms with Crippen LogP contribution < -0.4 is 0 Å². The van der Waals surface area contributed by atoms with E-state index < -0.39 is 11.7 Å². The molecule has 210 valence electrons. The summed E-state index contributed by atoms with van der Waals surface area (Å²) in [6, 6.07) is 9.48. The molecule has 4 aliphatic carbocycles. The zero-order valence-electron chi connectivity index (χ0n) is 24.3. The SMILES string of the molecule is C[C@H](CCC(O)C(C)(C)O)[C@H]1CC[C@H]2[C@@H]3CC=C4CCCC(OC(=O)c5ccccc5)[C@]4(C)[C@H]3CC[C@]12C. The Labute approximate surface area is 230 Å². The van der Waals surface area contributed by atoms with Gasteiger partial charge < -0.3 is 14.9 Å². The maximum Gasteiger partial charge on any atom is 0.338 e. The number of esters is 1. The second-order valence-electron chi connectivity index (χ2n) is 14.2. The van der Waals surface area contributed by atoms with Crippen LogP contribution in [0.5, 0.6) is 0 Å². The maximum atomic E-state index is 13.1. The molecule has 2 unspecified atom stereocenters. The Kier molecular flexibility index (Phi) is 7.63. The van der Waals surface area contributed by atoms with E-state index in [0.717, 1.165) is 25.7 Å². The first kappa shape index (κ1) is 27.9. The van der Waals surface area contributed by atoms with E-state index in [1.54, 1.807) is 19.4 Å². The van der Waals surface area contributed by atoms with Gasteiger partial charge in [0, 0.05) is 5.41 Å². The van der Waals surface area contributed by atoms with Crippen molar-refractivity contribution in [3.05, 3.63) is 47.5 Å². The number of carbonyl (C=O) groups is 1. The molecular formula is C34H50O4. The molecule has 0 spiro atoms. The Morgan fingerprint density at radius 3 is 2.53 bits per heavy atom. The highest BCUT2D eigenvalue weighted by molar-refractivity contribution is 5.89. The lowest BCUT2D eigenvalue weighted by Crippen LogP contribution is -2.55. The van der Waals surface area contributed by atoms with E-state index >= 15 is 0 Å². The topological polar surface area (TPSA) is 66.8 Å². The number of ether oxygens (including phenoxy) is 1. The maximum absolute atomic E-state index is 13.1. The van der Waals surface area contributed by atoms with Crippen molar-refractivity contribution >= 4 is 5.97 Å². The third-order valence-electron chi connectivity index (χ3n) is 11.8. The smallest absolute Gasteiger partial charge is 0.338 e. The van der Waals surface area contributed by atoms with Crippen molar-refractivity contribution in [2.24, 2.45) is 40.4 Å². The molecule has 5 rings (SSSR count). The zero-order valence-corrected chi connectivity index (χ0v) is 24.3. The van der Waals surface area contributed by atoms with Crippen molar-refractivity contribution in [3.8, 4) is 0 Å². The van der Waals surface area contributed by atoms with E-state index in [4.69, 9.17) is 4.74 Å². The van der Waals surface area contributed by atoms with E-state index in [9.17, 15) is 15.0 Å². The minimum atomic E-state index is -1.04. The number of fused-ring (bicyclic) bond motifs is 5. The van der Waals surface area contributed by atoms with Crippen molar-refractivity contribution in [2.75, 3.05) is 0 Å². The van der Waals surface area contributed by atoms with E-state index in [-0.39, 0.29) is 17.5 Å². The minimum Gasteiger partial charge on any atom is -0.458 e. The number of hydrogen-bond donors (Lipinski definition) is 2. The van der Waals surface area contributed by atoms with Crippen molar-refractivity contribution < 1.29 is 19.7 Å². The number of hydrogen-bond acceptors (Lipinski definition) is 4. The second-order valence-corrected chi connectivity index (χ2v) is 14.2. The number of aliphatic hydroxyl groups excluding tert-OH is 1. The summed E-state index contributed by atoms with van der Waals surface area (Å²) in [5.74, 6) is 2.95. The molecule has 2 N–H and O–H groups in total. The molecule has 0 aliphatic heterocycles. The van der Waals surface area contributed by atoms with Gasteiger partial charge in [0.1, 0.15) is 6.10 Å². The lowest BCUT2D eigenvalue weighted by molar-refractivity contribution is -0.0995. The average molecular weight is 523 g/mol. The highest BCUT2D eigenvalue weighted by Crippen LogP contribution is 2.67. The Bertz CT molecular complexity index is 1020. The van der Waals surface area contributed by atoms with Crippen LogP contribution in [0.25, 0.3) is 0 Å². The minimum absolute atomic E-state index is 0.0493. The van der Waals surface area contributed by atoms with Gasteiger partial charge in [0.15, 0.2) is 0 Å². The van der Waals surface area contributed by atoms with Crippen molar-refractivity contribution in [3.63, 3.8) is 0 Å². The van der Waals surface area contributed by atoms with Crippen LogP contribution in [0.2, 0.25) is 0 Å². The van der Waals surface area contributed by atoms with Gasteiger partial charge in [-0.1, -0.05) is 50.6 Å². The molecule has 4 heteroatoms. The first-order chi connectivity index (χ1) is 18.0. The molecule has 0 bridgehead atoms. The Morgan fingerprint density at radius 2 is 1.82 bits per heavy atom. The Balaban J connectivity index is 1.33. The molecule has 38 heavy (non-hydrogen) atoms. The summed E-state index contributed by atoms with van der Waals surface area (Å²) >= 11 is 0. The summed E-state index contributed by atoms with van der Waals surface area (Å²) in [6.07, 6.45) is 12.8. The van der Waals surface area contributed by atoms with Gasteiger partial charge >= 0.3 is 5.97 Å². The van der Waals surface area contributed by atoms with E-state index in [2.05, 4.69) is 26.8 Å². The molecule has 4 aliphatic rings. The van der Waals surface area contributed by atoms with Gasteiger partial charge in [-0.3, -0.25) is 0 Å². The largest absolute Gasteiger partial charge is 0.458 e. The molecule has 0 saturated heterocycles. The fourth-order valence-corrected chi connectivity index (χ4v) is 9.60. The van der Waals surface area contributed by atoms with E-state index in [1.807, 2.05) is 30.3 Å². The summed E-state index contributed by atoms with van der Waals surface area (Å²) in [4.78, 5) is 13.1. The van der Waals surface area contributed by atoms with Crippen LogP contribution in [-0.4, -0.2) is 34.0 Å². The van der Waals surface area contributed by atoms with Crippen LogP contribution in [0.3, 0.4) is 0 Å². The molecule has 0 radical (unpaired) electrons. The third kappa shape index (κ3) is 4.79. The molecule has 0 heterocycles. The molecule has 1 aromatic carbocycles. The molecule has 0 amide bonds. The number of aliphatic hydroxyl groups is 2. The predicted octanol–water partition coefficient (Wildman–Crippen LogP) is 7.34. The van der Waals surface area contributed by atoms with Crippen LogP contribution in [0.4, 0.5) is 0 Å². The number of allylic oxidation sites excluding steroid dienone is 1. The van der Waals surface area contributed by atoms with E-state index in [1.165, 1.54) is 32.1 Å². The monoisotopic (exact) mass is 522 g/mol. The first-order valence-corrected chi connectivity index (χ1v) is 15.3. The summed E-state index contributed by atoms with van der Waals surface area (Å²) in [5.41, 5.74) is 1.42. The summed E-state index contributed by atoms with van der Waals surface area (Å²) in [5, 5.41) is 20.6. The lowest BCUT2D eigenvalue weighted by atomic mass is 9.46. The number of carbonyl (C=O) groups excluding carboxylic acids is 1. The van der Waals surface area contributed by atoms with Gasteiger partial charge in [-0.2, -0.15) is 0 Å². The van der Waals surface area contributed by atoms with Gasteiger partial charge in [0.2, 0.25) is 0 Å². The van der Waals surface area contributed by atoms with Crippen LogP contribution in [0.15, 0.2) is 42.0 Å². The normalized spacial score (nSPS) is 38.3. The van der Waals surface area contributed by atoms with Crippen LogP contribution in [0.1, 0.15) is 109 Å². The summed E-state index contributed by atoms with van der Waals surface area (Å²) in [7, 11) is 0. The number of rotatable bonds is 7. The Hall–Kier alpha value is -1.65. The Morgan fingerprint density at radius 1 is 1.08 bits per heavy atom. The van der Waals surface area contributed by atoms with Crippen molar-refractivity contribution in [1.82, 2.24) is 0 Å².